The van der Waals surface area contributed by atoms with Gasteiger partial charge in [-0.25, -0.2) is 8.42 Å². The molecular weight excluding hydrogens is 298 g/mol. The van der Waals surface area contributed by atoms with Gasteiger partial charge in [-0.2, -0.15) is 0 Å². The third-order valence-electron chi connectivity index (χ3n) is 1.95. The highest BCUT2D eigenvalue weighted by molar-refractivity contribution is 9.10. The van der Waals surface area contributed by atoms with Gasteiger partial charge in [0.1, 0.15) is 9.84 Å². The van der Waals surface area contributed by atoms with Crippen molar-refractivity contribution in [1.29, 1.82) is 0 Å². The molecule has 0 saturated carbocycles. The smallest absolute Gasteiger partial charge is 0.148 e. The van der Waals surface area contributed by atoms with Crippen LogP contribution in [0.2, 0.25) is 0 Å². The molecule has 0 saturated heterocycles. The van der Waals surface area contributed by atoms with E-state index in [0.29, 0.717) is 6.54 Å². The summed E-state index contributed by atoms with van der Waals surface area (Å²) in [7, 11) is -0.930. The van der Waals surface area contributed by atoms with Gasteiger partial charge in [0.2, 0.25) is 0 Å². The van der Waals surface area contributed by atoms with Crippen molar-refractivity contribution in [3.63, 3.8) is 0 Å². The number of halogens is 1. The number of hydrogen-bond donors (Lipinski definition) is 0. The zero-order chi connectivity index (χ0) is 11.5. The van der Waals surface area contributed by atoms with E-state index < -0.39 is 9.84 Å². The zero-order valence-electron chi connectivity index (χ0n) is 8.73. The summed E-state index contributed by atoms with van der Waals surface area (Å²) in [6, 6.07) is 2.00. The van der Waals surface area contributed by atoms with Crippen molar-refractivity contribution in [3.8, 4) is 0 Å². The molecule has 0 bridgehead atoms. The minimum atomic E-state index is -2.86. The van der Waals surface area contributed by atoms with E-state index in [0.717, 1.165) is 11.0 Å². The second kappa shape index (κ2) is 5.43. The lowest BCUT2D eigenvalue weighted by Crippen LogP contribution is -2.24. The van der Waals surface area contributed by atoms with Crippen LogP contribution in [-0.4, -0.2) is 38.9 Å². The molecule has 1 aromatic rings. The van der Waals surface area contributed by atoms with E-state index in [1.54, 1.807) is 11.3 Å². The SMILES string of the molecule is CN(CCS(C)(=O)=O)Cc1sccc1Br. The fraction of sp³-hybridized carbons (Fsp3) is 0.556. The Morgan fingerprint density at radius 2 is 2.20 bits per heavy atom. The minimum absolute atomic E-state index is 0.215. The molecule has 0 aromatic carbocycles. The van der Waals surface area contributed by atoms with Crippen LogP contribution < -0.4 is 0 Å². The van der Waals surface area contributed by atoms with Crippen molar-refractivity contribution in [2.45, 2.75) is 6.54 Å². The van der Waals surface area contributed by atoms with Gasteiger partial charge in [-0.1, -0.05) is 0 Å². The van der Waals surface area contributed by atoms with Crippen molar-refractivity contribution in [2.75, 3.05) is 25.6 Å². The number of sulfone groups is 1. The first-order valence-corrected chi connectivity index (χ1v) is 8.20. The van der Waals surface area contributed by atoms with Crippen LogP contribution in [0.5, 0.6) is 0 Å². The highest BCUT2D eigenvalue weighted by Gasteiger charge is 2.08. The summed E-state index contributed by atoms with van der Waals surface area (Å²) in [4.78, 5) is 3.24. The molecule has 1 aromatic heterocycles. The van der Waals surface area contributed by atoms with Crippen molar-refractivity contribution >= 4 is 37.1 Å². The summed E-state index contributed by atoms with van der Waals surface area (Å²) < 4.78 is 23.0. The van der Waals surface area contributed by atoms with E-state index in [1.807, 2.05) is 23.4 Å². The lowest BCUT2D eigenvalue weighted by Gasteiger charge is -2.14. The Kier molecular flexibility index (Phi) is 4.76. The summed E-state index contributed by atoms with van der Waals surface area (Å²) >= 11 is 5.12. The lowest BCUT2D eigenvalue weighted by molar-refractivity contribution is 0.349. The maximum absolute atomic E-state index is 11.0. The predicted molar refractivity (Wildman–Crippen MR) is 68.1 cm³/mol. The lowest BCUT2D eigenvalue weighted by atomic mass is 10.4. The molecule has 0 aliphatic rings. The first-order valence-electron chi connectivity index (χ1n) is 4.46. The predicted octanol–water partition coefficient (Wildman–Crippen LogP) is 1.99. The molecule has 0 amide bonds. The van der Waals surface area contributed by atoms with E-state index in [-0.39, 0.29) is 5.75 Å². The Labute approximate surface area is 103 Å². The van der Waals surface area contributed by atoms with Crippen LogP contribution in [-0.2, 0) is 16.4 Å². The molecule has 0 radical (unpaired) electrons. The molecule has 6 heteroatoms. The molecule has 15 heavy (non-hydrogen) atoms. The van der Waals surface area contributed by atoms with Crippen molar-refractivity contribution in [3.05, 3.63) is 20.8 Å². The number of nitrogens with zero attached hydrogens (tertiary/aromatic N) is 1. The Morgan fingerprint density at radius 3 is 2.67 bits per heavy atom. The average Bonchev–Trinajstić information content (AvgIpc) is 2.47. The first-order chi connectivity index (χ1) is 6.88. The van der Waals surface area contributed by atoms with E-state index in [2.05, 4.69) is 15.9 Å². The van der Waals surface area contributed by atoms with Crippen LogP contribution in [0.15, 0.2) is 15.9 Å². The number of rotatable bonds is 5. The molecule has 1 rings (SSSR count). The van der Waals surface area contributed by atoms with Gasteiger partial charge >= 0.3 is 0 Å². The van der Waals surface area contributed by atoms with Gasteiger partial charge in [-0.05, 0) is 34.4 Å². The summed E-state index contributed by atoms with van der Waals surface area (Å²) in [6.45, 7) is 1.36. The standard InChI is InChI=1S/C9H14BrNO2S2/c1-11(4-6-15(2,12)13)7-9-8(10)3-5-14-9/h3,5H,4,6-7H2,1-2H3. The Balaban J connectivity index is 2.43. The summed E-state index contributed by atoms with van der Waals surface area (Å²) in [5.41, 5.74) is 0. The maximum Gasteiger partial charge on any atom is 0.148 e. The second-order valence-corrected chi connectivity index (χ2v) is 7.67. The fourth-order valence-corrected chi connectivity index (χ4v) is 3.28. The van der Waals surface area contributed by atoms with Gasteiger partial charge in [0, 0.05) is 28.7 Å². The highest BCUT2D eigenvalue weighted by Crippen LogP contribution is 2.23. The van der Waals surface area contributed by atoms with Gasteiger partial charge in [0.25, 0.3) is 0 Å². The zero-order valence-corrected chi connectivity index (χ0v) is 12.0. The third-order valence-corrected chi connectivity index (χ3v) is 4.78. The van der Waals surface area contributed by atoms with E-state index in [1.165, 1.54) is 11.1 Å². The van der Waals surface area contributed by atoms with E-state index >= 15 is 0 Å². The molecule has 0 N–H and O–H groups in total. The van der Waals surface area contributed by atoms with Gasteiger partial charge in [-0.3, -0.25) is 0 Å². The minimum Gasteiger partial charge on any atom is -0.300 e. The monoisotopic (exact) mass is 311 g/mol. The quantitative estimate of drug-likeness (QED) is 0.834. The molecule has 1 heterocycles. The first kappa shape index (κ1) is 13.2. The van der Waals surface area contributed by atoms with Gasteiger partial charge in [0.15, 0.2) is 0 Å². The summed E-state index contributed by atoms with van der Waals surface area (Å²) in [6.07, 6.45) is 1.27. The van der Waals surface area contributed by atoms with Crippen LogP contribution in [0, 0.1) is 0 Å². The molecule has 0 spiro atoms. The Bertz CT molecular complexity index is 414. The molecule has 0 atom stereocenters. The molecule has 3 nitrogen and oxygen atoms in total. The van der Waals surface area contributed by atoms with Crippen molar-refractivity contribution < 1.29 is 8.42 Å². The van der Waals surface area contributed by atoms with Crippen molar-refractivity contribution in [1.82, 2.24) is 4.90 Å². The van der Waals surface area contributed by atoms with Gasteiger partial charge in [0.05, 0.1) is 5.75 Å². The van der Waals surface area contributed by atoms with Crippen LogP contribution in [0.4, 0.5) is 0 Å². The maximum atomic E-state index is 11.0. The van der Waals surface area contributed by atoms with Crippen LogP contribution in [0.25, 0.3) is 0 Å². The van der Waals surface area contributed by atoms with Crippen molar-refractivity contribution in [2.24, 2.45) is 0 Å². The summed E-state index contributed by atoms with van der Waals surface area (Å²) in [5, 5.41) is 2.02. The largest absolute Gasteiger partial charge is 0.300 e. The normalized spacial score (nSPS) is 12.3. The Hall–Kier alpha value is 0.0900. The molecule has 0 aliphatic carbocycles. The third kappa shape index (κ3) is 5.10. The summed E-state index contributed by atoms with van der Waals surface area (Å²) in [5.74, 6) is 0.215. The van der Waals surface area contributed by atoms with Crippen LogP contribution >= 0.6 is 27.3 Å². The van der Waals surface area contributed by atoms with Crippen LogP contribution in [0.1, 0.15) is 4.88 Å². The van der Waals surface area contributed by atoms with E-state index in [9.17, 15) is 8.42 Å². The number of thiophene rings is 1. The molecule has 0 unspecified atom stereocenters. The van der Waals surface area contributed by atoms with Crippen LogP contribution in [0.3, 0.4) is 0 Å². The highest BCUT2D eigenvalue weighted by atomic mass is 79.9. The molecule has 0 aliphatic heterocycles. The Morgan fingerprint density at radius 1 is 1.53 bits per heavy atom. The average molecular weight is 312 g/mol. The van der Waals surface area contributed by atoms with Gasteiger partial charge in [-0.15, -0.1) is 11.3 Å². The van der Waals surface area contributed by atoms with E-state index in [4.69, 9.17) is 0 Å². The molecular formula is C9H14BrNO2S2. The topological polar surface area (TPSA) is 37.4 Å². The number of hydrogen-bond acceptors (Lipinski definition) is 4. The molecule has 86 valence electrons. The second-order valence-electron chi connectivity index (χ2n) is 3.56. The fourth-order valence-electron chi connectivity index (χ4n) is 1.08. The molecule has 0 fully saturated rings. The van der Waals surface area contributed by atoms with Gasteiger partial charge < -0.3 is 4.90 Å².